The first kappa shape index (κ1) is 11.9. The van der Waals surface area contributed by atoms with Crippen molar-refractivity contribution >= 4 is 16.1 Å². The molecule has 0 spiro atoms. The first-order chi connectivity index (χ1) is 6.95. The van der Waals surface area contributed by atoms with Crippen LogP contribution in [0.15, 0.2) is 29.2 Å². The molecule has 0 radical (unpaired) electrons. The van der Waals surface area contributed by atoms with Crippen LogP contribution >= 0.6 is 0 Å². The molecule has 0 unspecified atom stereocenters. The second-order valence-corrected chi connectivity index (χ2v) is 5.90. The molecule has 0 N–H and O–H groups in total. The summed E-state index contributed by atoms with van der Waals surface area (Å²) in [7, 11) is -3.20. The smallest absolute Gasteiger partial charge is 0.178 e. The lowest BCUT2D eigenvalue weighted by molar-refractivity contribution is 0.112. The highest BCUT2D eigenvalue weighted by molar-refractivity contribution is 7.91. The second kappa shape index (κ2) is 4.57. The highest BCUT2D eigenvalue weighted by atomic mass is 32.2. The Labute approximate surface area is 90.0 Å². The third kappa shape index (κ3) is 3.16. The summed E-state index contributed by atoms with van der Waals surface area (Å²) < 4.78 is 23.5. The highest BCUT2D eigenvalue weighted by Gasteiger charge is 2.15. The van der Waals surface area contributed by atoms with E-state index in [1.807, 2.05) is 13.8 Å². The maximum Gasteiger partial charge on any atom is 0.178 e. The molecular formula is C11H14O3S. The third-order valence-electron chi connectivity index (χ3n) is 1.93. The fourth-order valence-corrected chi connectivity index (χ4v) is 2.91. The van der Waals surface area contributed by atoms with Crippen LogP contribution in [-0.4, -0.2) is 20.5 Å². The van der Waals surface area contributed by atoms with Crippen LogP contribution in [0, 0.1) is 5.92 Å². The van der Waals surface area contributed by atoms with Crippen LogP contribution in [0.1, 0.15) is 24.2 Å². The molecule has 0 heterocycles. The van der Waals surface area contributed by atoms with Gasteiger partial charge in [0.25, 0.3) is 0 Å². The van der Waals surface area contributed by atoms with Gasteiger partial charge in [-0.2, -0.15) is 0 Å². The van der Waals surface area contributed by atoms with Crippen molar-refractivity contribution in [1.29, 1.82) is 0 Å². The standard InChI is InChI=1S/C11H14O3S/c1-9(2)8-15(13,14)11-5-3-10(7-12)4-6-11/h3-7,9H,8H2,1-2H3. The number of hydrogen-bond donors (Lipinski definition) is 0. The molecule has 82 valence electrons. The number of sulfone groups is 1. The first-order valence-electron chi connectivity index (χ1n) is 4.73. The van der Waals surface area contributed by atoms with Gasteiger partial charge in [-0.15, -0.1) is 0 Å². The van der Waals surface area contributed by atoms with Crippen molar-refractivity contribution in [2.24, 2.45) is 5.92 Å². The number of hydrogen-bond acceptors (Lipinski definition) is 3. The summed E-state index contributed by atoms with van der Waals surface area (Å²) in [5.74, 6) is 0.230. The Bertz CT molecular complexity index is 429. The van der Waals surface area contributed by atoms with Crippen molar-refractivity contribution < 1.29 is 13.2 Å². The Kier molecular flexibility index (Phi) is 3.63. The summed E-state index contributed by atoms with van der Waals surface area (Å²) in [4.78, 5) is 10.7. The van der Waals surface area contributed by atoms with Gasteiger partial charge in [0.1, 0.15) is 6.29 Å². The van der Waals surface area contributed by atoms with Crippen molar-refractivity contribution in [2.45, 2.75) is 18.7 Å². The largest absolute Gasteiger partial charge is 0.298 e. The minimum absolute atomic E-state index is 0.0979. The zero-order chi connectivity index (χ0) is 11.5. The maximum atomic E-state index is 11.8. The average molecular weight is 226 g/mol. The number of benzene rings is 1. The van der Waals surface area contributed by atoms with Crippen LogP contribution in [0.25, 0.3) is 0 Å². The molecule has 0 aliphatic heterocycles. The summed E-state index contributed by atoms with van der Waals surface area (Å²) in [6.07, 6.45) is 0.693. The lowest BCUT2D eigenvalue weighted by atomic mass is 10.2. The molecule has 0 bridgehead atoms. The van der Waals surface area contributed by atoms with Gasteiger partial charge in [0.15, 0.2) is 9.84 Å². The molecule has 0 aliphatic rings. The molecule has 1 aromatic rings. The molecule has 0 aliphatic carbocycles. The Hall–Kier alpha value is -1.16. The van der Waals surface area contributed by atoms with Crippen LogP contribution < -0.4 is 0 Å². The lowest BCUT2D eigenvalue weighted by Crippen LogP contribution is -2.11. The molecule has 0 fully saturated rings. The number of carbonyl (C=O) groups is 1. The predicted octanol–water partition coefficient (Wildman–Crippen LogP) is 1.93. The van der Waals surface area contributed by atoms with Crippen LogP contribution in [0.5, 0.6) is 0 Å². The molecule has 1 rings (SSSR count). The van der Waals surface area contributed by atoms with E-state index in [0.29, 0.717) is 11.8 Å². The summed E-state index contributed by atoms with van der Waals surface area (Å²) in [5, 5.41) is 0. The van der Waals surface area contributed by atoms with E-state index in [-0.39, 0.29) is 16.6 Å². The third-order valence-corrected chi connectivity index (χ3v) is 4.02. The van der Waals surface area contributed by atoms with Crippen LogP contribution in [-0.2, 0) is 9.84 Å². The summed E-state index contributed by atoms with van der Waals surface area (Å²) >= 11 is 0. The highest BCUT2D eigenvalue weighted by Crippen LogP contribution is 2.14. The van der Waals surface area contributed by atoms with E-state index in [9.17, 15) is 13.2 Å². The fraction of sp³-hybridized carbons (Fsp3) is 0.364. The lowest BCUT2D eigenvalue weighted by Gasteiger charge is -2.06. The normalized spacial score (nSPS) is 11.7. The molecule has 0 atom stereocenters. The van der Waals surface area contributed by atoms with E-state index < -0.39 is 9.84 Å². The fourth-order valence-electron chi connectivity index (χ4n) is 1.29. The summed E-state index contributed by atoms with van der Waals surface area (Å²) in [6.45, 7) is 3.72. The predicted molar refractivity (Wildman–Crippen MR) is 58.7 cm³/mol. The van der Waals surface area contributed by atoms with Gasteiger partial charge >= 0.3 is 0 Å². The molecule has 4 heteroatoms. The van der Waals surface area contributed by atoms with Crippen molar-refractivity contribution in [1.82, 2.24) is 0 Å². The first-order valence-corrected chi connectivity index (χ1v) is 6.39. The van der Waals surface area contributed by atoms with Gasteiger partial charge < -0.3 is 0 Å². The molecule has 0 amide bonds. The number of rotatable bonds is 4. The van der Waals surface area contributed by atoms with E-state index in [4.69, 9.17) is 0 Å². The van der Waals surface area contributed by atoms with Crippen LogP contribution in [0.2, 0.25) is 0 Å². The van der Waals surface area contributed by atoms with E-state index in [1.54, 1.807) is 0 Å². The van der Waals surface area contributed by atoms with Crippen molar-refractivity contribution in [3.05, 3.63) is 29.8 Å². The minimum Gasteiger partial charge on any atom is -0.298 e. The van der Waals surface area contributed by atoms with Crippen molar-refractivity contribution in [2.75, 3.05) is 5.75 Å². The Morgan fingerprint density at radius 2 is 1.73 bits per heavy atom. The van der Waals surface area contributed by atoms with Gasteiger partial charge in [0, 0.05) is 5.56 Å². The van der Waals surface area contributed by atoms with E-state index in [1.165, 1.54) is 24.3 Å². The van der Waals surface area contributed by atoms with E-state index in [0.717, 1.165) is 0 Å². The average Bonchev–Trinajstić information content (AvgIpc) is 2.16. The quantitative estimate of drug-likeness (QED) is 0.737. The molecular weight excluding hydrogens is 212 g/mol. The molecule has 0 aromatic heterocycles. The second-order valence-electron chi connectivity index (χ2n) is 3.86. The Morgan fingerprint density at radius 1 is 1.20 bits per heavy atom. The van der Waals surface area contributed by atoms with Crippen LogP contribution in [0.3, 0.4) is 0 Å². The van der Waals surface area contributed by atoms with E-state index in [2.05, 4.69) is 0 Å². The molecule has 0 saturated heterocycles. The zero-order valence-corrected chi connectivity index (χ0v) is 9.62. The molecule has 15 heavy (non-hydrogen) atoms. The van der Waals surface area contributed by atoms with Gasteiger partial charge in [-0.3, -0.25) is 4.79 Å². The molecule has 3 nitrogen and oxygen atoms in total. The van der Waals surface area contributed by atoms with Gasteiger partial charge in [-0.25, -0.2) is 8.42 Å². The van der Waals surface area contributed by atoms with Gasteiger partial charge in [0.05, 0.1) is 10.6 Å². The van der Waals surface area contributed by atoms with Crippen molar-refractivity contribution in [3.8, 4) is 0 Å². The molecule has 0 saturated carbocycles. The summed E-state index contributed by atoms with van der Waals surface area (Å²) in [6, 6.07) is 5.98. The maximum absolute atomic E-state index is 11.8. The Morgan fingerprint density at radius 3 is 2.13 bits per heavy atom. The van der Waals surface area contributed by atoms with Crippen LogP contribution in [0.4, 0.5) is 0 Å². The zero-order valence-electron chi connectivity index (χ0n) is 8.80. The SMILES string of the molecule is CC(C)CS(=O)(=O)c1ccc(C=O)cc1. The number of carbonyl (C=O) groups excluding carboxylic acids is 1. The Balaban J connectivity index is 3.00. The topological polar surface area (TPSA) is 51.2 Å². The van der Waals surface area contributed by atoms with Crippen molar-refractivity contribution in [3.63, 3.8) is 0 Å². The minimum atomic E-state index is -3.20. The summed E-state index contributed by atoms with van der Waals surface area (Å²) in [5.41, 5.74) is 0.485. The van der Waals surface area contributed by atoms with Gasteiger partial charge in [-0.05, 0) is 18.1 Å². The number of aldehydes is 1. The molecule has 1 aromatic carbocycles. The van der Waals surface area contributed by atoms with Gasteiger partial charge in [0.2, 0.25) is 0 Å². The van der Waals surface area contributed by atoms with Gasteiger partial charge in [-0.1, -0.05) is 26.0 Å². The van der Waals surface area contributed by atoms with E-state index >= 15 is 0 Å². The monoisotopic (exact) mass is 226 g/mol.